The molecule has 1 saturated carbocycles. The molecule has 1 N–H and O–H groups in total. The van der Waals surface area contributed by atoms with E-state index < -0.39 is 0 Å². The van der Waals surface area contributed by atoms with Crippen molar-refractivity contribution in [3.05, 3.63) is 48.0 Å². The first-order chi connectivity index (χ1) is 10.3. The summed E-state index contributed by atoms with van der Waals surface area (Å²) in [5.74, 6) is 0.967. The highest BCUT2D eigenvalue weighted by atomic mass is 16.5. The number of rotatable bonds is 7. The Labute approximate surface area is 126 Å². The summed E-state index contributed by atoms with van der Waals surface area (Å²) in [6, 6.07) is 8.50. The summed E-state index contributed by atoms with van der Waals surface area (Å²) < 4.78 is 7.89. The fourth-order valence-corrected chi connectivity index (χ4v) is 2.41. The van der Waals surface area contributed by atoms with Crippen LogP contribution < -0.4 is 10.1 Å². The van der Waals surface area contributed by atoms with Crippen LogP contribution in [0.3, 0.4) is 0 Å². The molecule has 1 aromatic heterocycles. The van der Waals surface area contributed by atoms with Crippen molar-refractivity contribution in [2.45, 2.75) is 38.3 Å². The number of imidazole rings is 1. The van der Waals surface area contributed by atoms with E-state index in [1.807, 2.05) is 24.0 Å². The van der Waals surface area contributed by atoms with Crippen molar-refractivity contribution in [2.75, 3.05) is 6.54 Å². The molecule has 0 amide bonds. The second-order valence-electron chi connectivity index (χ2n) is 5.74. The van der Waals surface area contributed by atoms with E-state index in [4.69, 9.17) is 4.74 Å². The van der Waals surface area contributed by atoms with Crippen LogP contribution in [-0.4, -0.2) is 22.2 Å². The number of ether oxygens (including phenoxy) is 1. The van der Waals surface area contributed by atoms with Gasteiger partial charge in [-0.1, -0.05) is 19.1 Å². The minimum Gasteiger partial charge on any atom is -0.490 e. The fraction of sp³-hybridized carbons (Fsp3) is 0.471. The van der Waals surface area contributed by atoms with E-state index in [0.29, 0.717) is 6.10 Å². The molecule has 1 fully saturated rings. The number of benzene rings is 1. The first kappa shape index (κ1) is 14.1. The summed E-state index contributed by atoms with van der Waals surface area (Å²) >= 11 is 0. The summed E-state index contributed by atoms with van der Waals surface area (Å²) in [5.41, 5.74) is 2.26. The topological polar surface area (TPSA) is 39.1 Å². The van der Waals surface area contributed by atoms with Gasteiger partial charge in [0.1, 0.15) is 5.75 Å². The second-order valence-corrected chi connectivity index (χ2v) is 5.74. The van der Waals surface area contributed by atoms with Gasteiger partial charge in [-0.25, -0.2) is 4.98 Å². The number of nitrogens with one attached hydrogen (secondary N) is 1. The van der Waals surface area contributed by atoms with Crippen LogP contribution in [0.1, 0.15) is 43.5 Å². The van der Waals surface area contributed by atoms with Gasteiger partial charge in [0, 0.05) is 13.2 Å². The second kappa shape index (κ2) is 6.31. The van der Waals surface area contributed by atoms with Crippen LogP contribution >= 0.6 is 0 Å². The van der Waals surface area contributed by atoms with Gasteiger partial charge < -0.3 is 14.6 Å². The van der Waals surface area contributed by atoms with Gasteiger partial charge in [-0.3, -0.25) is 0 Å². The van der Waals surface area contributed by atoms with E-state index in [2.05, 4.69) is 41.6 Å². The molecule has 2 aromatic rings. The van der Waals surface area contributed by atoms with Gasteiger partial charge in [-0.05, 0) is 43.5 Å². The molecule has 0 radical (unpaired) electrons. The number of nitrogens with zero attached hydrogens (tertiary/aromatic N) is 2. The lowest BCUT2D eigenvalue weighted by atomic mass is 10.0. The Morgan fingerprint density at radius 2 is 2.29 bits per heavy atom. The smallest absolute Gasteiger partial charge is 0.120 e. The van der Waals surface area contributed by atoms with Gasteiger partial charge in [0.2, 0.25) is 0 Å². The molecule has 1 aliphatic carbocycles. The van der Waals surface area contributed by atoms with Crippen LogP contribution in [0.25, 0.3) is 0 Å². The fourth-order valence-electron chi connectivity index (χ4n) is 2.41. The van der Waals surface area contributed by atoms with E-state index in [-0.39, 0.29) is 6.04 Å². The van der Waals surface area contributed by atoms with Gasteiger partial charge in [-0.2, -0.15) is 0 Å². The van der Waals surface area contributed by atoms with Crippen LogP contribution in [0.5, 0.6) is 5.75 Å². The molecule has 4 heteroatoms. The Bertz CT molecular complexity index is 589. The normalized spacial score (nSPS) is 15.9. The van der Waals surface area contributed by atoms with Crippen LogP contribution in [0.15, 0.2) is 36.8 Å². The maximum atomic E-state index is 5.91. The average Bonchev–Trinajstić information content (AvgIpc) is 3.19. The lowest BCUT2D eigenvalue weighted by Gasteiger charge is -2.18. The van der Waals surface area contributed by atoms with E-state index in [1.54, 1.807) is 0 Å². The Kier molecular flexibility index (Phi) is 4.25. The molecule has 21 heavy (non-hydrogen) atoms. The van der Waals surface area contributed by atoms with Gasteiger partial charge in [0.15, 0.2) is 0 Å². The third kappa shape index (κ3) is 3.64. The van der Waals surface area contributed by atoms with E-state index in [1.165, 1.54) is 18.4 Å². The monoisotopic (exact) mass is 285 g/mol. The molecule has 3 rings (SSSR count). The predicted octanol–water partition coefficient (Wildman–Crippen LogP) is 3.05. The summed E-state index contributed by atoms with van der Waals surface area (Å²) in [7, 11) is 2.00. The Balaban J connectivity index is 1.83. The van der Waals surface area contributed by atoms with Crippen molar-refractivity contribution in [1.82, 2.24) is 14.9 Å². The van der Waals surface area contributed by atoms with Crippen molar-refractivity contribution in [2.24, 2.45) is 7.05 Å². The van der Waals surface area contributed by atoms with E-state index in [0.717, 1.165) is 24.4 Å². The summed E-state index contributed by atoms with van der Waals surface area (Å²) in [4.78, 5) is 4.51. The molecule has 4 nitrogen and oxygen atoms in total. The largest absolute Gasteiger partial charge is 0.490 e. The van der Waals surface area contributed by atoms with Crippen LogP contribution in [0.2, 0.25) is 0 Å². The van der Waals surface area contributed by atoms with Crippen LogP contribution in [-0.2, 0) is 7.05 Å². The average molecular weight is 285 g/mol. The Morgan fingerprint density at radius 1 is 1.43 bits per heavy atom. The molecule has 1 aromatic carbocycles. The van der Waals surface area contributed by atoms with Crippen molar-refractivity contribution in [1.29, 1.82) is 0 Å². The molecular weight excluding hydrogens is 262 g/mol. The zero-order chi connectivity index (χ0) is 14.7. The maximum absolute atomic E-state index is 5.91. The molecule has 1 aliphatic rings. The molecule has 1 heterocycles. The van der Waals surface area contributed by atoms with Crippen molar-refractivity contribution >= 4 is 0 Å². The third-order valence-electron chi connectivity index (χ3n) is 3.64. The molecule has 1 atom stereocenters. The van der Waals surface area contributed by atoms with E-state index in [9.17, 15) is 0 Å². The summed E-state index contributed by atoms with van der Waals surface area (Å²) in [5, 5.41) is 3.58. The minimum atomic E-state index is 0.119. The third-order valence-corrected chi connectivity index (χ3v) is 3.64. The van der Waals surface area contributed by atoms with Crippen LogP contribution in [0, 0.1) is 0 Å². The number of aromatic nitrogens is 2. The SMILES string of the molecule is CCCNC(c1cccc(OC2CC2)c1)c1cn(C)cn1. The summed E-state index contributed by atoms with van der Waals surface area (Å²) in [6.45, 7) is 3.14. The van der Waals surface area contributed by atoms with Crippen molar-refractivity contribution in [3.63, 3.8) is 0 Å². The quantitative estimate of drug-likeness (QED) is 0.850. The van der Waals surface area contributed by atoms with Gasteiger partial charge in [-0.15, -0.1) is 0 Å². The van der Waals surface area contributed by atoms with E-state index >= 15 is 0 Å². The standard InChI is InChI=1S/C17H23N3O/c1-3-9-18-17(16-11-20(2)12-19-16)13-5-4-6-15(10-13)21-14-7-8-14/h4-6,10-12,14,17-18H,3,7-9H2,1-2H3. The zero-order valence-corrected chi connectivity index (χ0v) is 12.7. The maximum Gasteiger partial charge on any atom is 0.120 e. The molecule has 0 aliphatic heterocycles. The summed E-state index contributed by atoms with van der Waals surface area (Å²) in [6.07, 6.45) is 7.81. The number of hydrogen-bond donors (Lipinski definition) is 1. The highest BCUT2D eigenvalue weighted by Crippen LogP contribution is 2.29. The lowest BCUT2D eigenvalue weighted by molar-refractivity contribution is 0.302. The number of aryl methyl sites for hydroxylation is 1. The molecule has 0 spiro atoms. The lowest BCUT2D eigenvalue weighted by Crippen LogP contribution is -2.23. The highest BCUT2D eigenvalue weighted by molar-refractivity contribution is 5.34. The first-order valence-electron chi connectivity index (χ1n) is 7.74. The van der Waals surface area contributed by atoms with Crippen molar-refractivity contribution < 1.29 is 4.74 Å². The molecule has 0 saturated heterocycles. The van der Waals surface area contributed by atoms with Gasteiger partial charge >= 0.3 is 0 Å². The predicted molar refractivity (Wildman–Crippen MR) is 83.4 cm³/mol. The van der Waals surface area contributed by atoms with Gasteiger partial charge in [0.05, 0.1) is 24.2 Å². The first-order valence-corrected chi connectivity index (χ1v) is 7.74. The number of hydrogen-bond acceptors (Lipinski definition) is 3. The molecular formula is C17H23N3O. The zero-order valence-electron chi connectivity index (χ0n) is 12.7. The van der Waals surface area contributed by atoms with Crippen LogP contribution in [0.4, 0.5) is 0 Å². The highest BCUT2D eigenvalue weighted by Gasteiger charge is 2.24. The van der Waals surface area contributed by atoms with Gasteiger partial charge in [0.25, 0.3) is 0 Å². The Hall–Kier alpha value is -1.81. The Morgan fingerprint density at radius 3 is 2.95 bits per heavy atom. The molecule has 1 unspecified atom stereocenters. The molecule has 112 valence electrons. The molecule has 0 bridgehead atoms. The minimum absolute atomic E-state index is 0.119. The van der Waals surface area contributed by atoms with Crippen molar-refractivity contribution in [3.8, 4) is 5.75 Å².